The van der Waals surface area contributed by atoms with E-state index in [0.717, 1.165) is 18.9 Å². The smallest absolute Gasteiger partial charge is 0.0309 e. The molecule has 1 heterocycles. The molecule has 1 aliphatic heterocycles. The molecule has 0 bridgehead atoms. The molecule has 2 N–H and O–H groups in total. The topological polar surface area (TPSA) is 29.3 Å². The molecule has 0 spiro atoms. The maximum absolute atomic E-state index is 6.28. The highest BCUT2D eigenvalue weighted by Gasteiger charge is 2.19. The average molecular weight is 232 g/mol. The molecule has 1 fully saturated rings. The van der Waals surface area contributed by atoms with Crippen molar-refractivity contribution in [3.63, 3.8) is 0 Å². The quantitative estimate of drug-likeness (QED) is 0.865. The molecule has 0 amide bonds. The van der Waals surface area contributed by atoms with E-state index < -0.39 is 0 Å². The van der Waals surface area contributed by atoms with Crippen LogP contribution in [0.2, 0.25) is 0 Å². The van der Waals surface area contributed by atoms with Gasteiger partial charge in [-0.15, -0.1) is 0 Å². The molecule has 0 radical (unpaired) electrons. The van der Waals surface area contributed by atoms with Crippen molar-refractivity contribution >= 4 is 0 Å². The summed E-state index contributed by atoms with van der Waals surface area (Å²) < 4.78 is 0. The molecule has 2 nitrogen and oxygen atoms in total. The van der Waals surface area contributed by atoms with Gasteiger partial charge < -0.3 is 10.6 Å². The summed E-state index contributed by atoms with van der Waals surface area (Å²) in [6, 6.07) is 8.65. The zero-order chi connectivity index (χ0) is 12.3. The van der Waals surface area contributed by atoms with Crippen molar-refractivity contribution in [2.45, 2.75) is 32.7 Å². The second kappa shape index (κ2) is 5.65. The second-order valence-electron chi connectivity index (χ2n) is 5.45. The molecule has 2 unspecified atom stereocenters. The first-order chi connectivity index (χ1) is 8.16. The van der Waals surface area contributed by atoms with Gasteiger partial charge in [-0.25, -0.2) is 0 Å². The van der Waals surface area contributed by atoms with Crippen LogP contribution in [0.5, 0.6) is 0 Å². The lowest BCUT2D eigenvalue weighted by Gasteiger charge is -2.19. The zero-order valence-corrected chi connectivity index (χ0v) is 11.0. The highest BCUT2D eigenvalue weighted by Crippen LogP contribution is 2.20. The standard InChI is InChI=1S/C15H24N2/c1-12-7-9-17(11-12)10-8-15(16)14-6-4-3-5-13(14)2/h3-6,12,15H,7-11,16H2,1-2H3. The van der Waals surface area contributed by atoms with E-state index in [1.165, 1.54) is 30.6 Å². The summed E-state index contributed by atoms with van der Waals surface area (Å²) >= 11 is 0. The van der Waals surface area contributed by atoms with E-state index in [0.29, 0.717) is 0 Å². The van der Waals surface area contributed by atoms with Gasteiger partial charge in [-0.2, -0.15) is 0 Å². The summed E-state index contributed by atoms with van der Waals surface area (Å²) in [5.41, 5.74) is 8.90. The molecular weight excluding hydrogens is 208 g/mol. The van der Waals surface area contributed by atoms with Gasteiger partial charge in [0.2, 0.25) is 0 Å². The molecule has 17 heavy (non-hydrogen) atoms. The normalized spacial score (nSPS) is 22.9. The summed E-state index contributed by atoms with van der Waals surface area (Å²) in [6.07, 6.45) is 2.41. The van der Waals surface area contributed by atoms with Crippen molar-refractivity contribution in [3.8, 4) is 0 Å². The number of rotatable bonds is 4. The van der Waals surface area contributed by atoms with Gasteiger partial charge in [-0.3, -0.25) is 0 Å². The van der Waals surface area contributed by atoms with Gasteiger partial charge >= 0.3 is 0 Å². The van der Waals surface area contributed by atoms with Gasteiger partial charge in [0, 0.05) is 12.6 Å². The molecule has 1 aromatic carbocycles. The molecule has 94 valence electrons. The fourth-order valence-corrected chi connectivity index (χ4v) is 2.71. The van der Waals surface area contributed by atoms with Gasteiger partial charge in [0.25, 0.3) is 0 Å². The molecule has 2 rings (SSSR count). The number of benzene rings is 1. The van der Waals surface area contributed by atoms with E-state index in [1.807, 2.05) is 0 Å². The minimum Gasteiger partial charge on any atom is -0.324 e. The molecule has 1 saturated heterocycles. The second-order valence-corrected chi connectivity index (χ2v) is 5.45. The van der Waals surface area contributed by atoms with E-state index >= 15 is 0 Å². The lowest BCUT2D eigenvalue weighted by atomic mass is 9.99. The van der Waals surface area contributed by atoms with E-state index in [2.05, 4.69) is 43.0 Å². The Labute approximate surface area is 105 Å². The van der Waals surface area contributed by atoms with Crippen LogP contribution in [-0.4, -0.2) is 24.5 Å². The maximum atomic E-state index is 6.28. The highest BCUT2D eigenvalue weighted by molar-refractivity contribution is 5.28. The average Bonchev–Trinajstić information content (AvgIpc) is 2.73. The summed E-state index contributed by atoms with van der Waals surface area (Å²) in [5, 5.41) is 0. The third-order valence-electron chi connectivity index (χ3n) is 3.85. The molecule has 2 atom stereocenters. The van der Waals surface area contributed by atoms with Crippen LogP contribution < -0.4 is 5.73 Å². The Bertz CT molecular complexity index is 362. The van der Waals surface area contributed by atoms with Gasteiger partial charge in [0.1, 0.15) is 0 Å². The Morgan fingerprint density at radius 3 is 2.82 bits per heavy atom. The van der Waals surface area contributed by atoms with Gasteiger partial charge in [-0.05, 0) is 49.9 Å². The fourth-order valence-electron chi connectivity index (χ4n) is 2.71. The minimum atomic E-state index is 0.187. The molecule has 0 aliphatic carbocycles. The Morgan fingerprint density at radius 1 is 1.41 bits per heavy atom. The van der Waals surface area contributed by atoms with Gasteiger partial charge in [-0.1, -0.05) is 31.2 Å². The van der Waals surface area contributed by atoms with Crippen LogP contribution in [0.3, 0.4) is 0 Å². The first-order valence-corrected chi connectivity index (χ1v) is 6.70. The van der Waals surface area contributed by atoms with Crippen LogP contribution in [0.15, 0.2) is 24.3 Å². The van der Waals surface area contributed by atoms with Crippen molar-refractivity contribution in [1.82, 2.24) is 4.90 Å². The lowest BCUT2D eigenvalue weighted by Crippen LogP contribution is -2.25. The Balaban J connectivity index is 1.85. The number of likely N-dealkylation sites (tertiary alicyclic amines) is 1. The van der Waals surface area contributed by atoms with Crippen LogP contribution >= 0.6 is 0 Å². The van der Waals surface area contributed by atoms with Crippen LogP contribution in [0.4, 0.5) is 0 Å². The highest BCUT2D eigenvalue weighted by atomic mass is 15.1. The SMILES string of the molecule is Cc1ccccc1C(N)CCN1CCC(C)C1. The molecule has 0 saturated carbocycles. The van der Waals surface area contributed by atoms with Crippen LogP contribution in [0, 0.1) is 12.8 Å². The first kappa shape index (κ1) is 12.6. The van der Waals surface area contributed by atoms with Crippen LogP contribution in [0.25, 0.3) is 0 Å². The number of nitrogens with two attached hydrogens (primary N) is 1. The monoisotopic (exact) mass is 232 g/mol. The molecule has 2 heteroatoms. The molecular formula is C15H24N2. The van der Waals surface area contributed by atoms with E-state index in [1.54, 1.807) is 0 Å². The van der Waals surface area contributed by atoms with Crippen molar-refractivity contribution in [2.75, 3.05) is 19.6 Å². The lowest BCUT2D eigenvalue weighted by molar-refractivity contribution is 0.312. The van der Waals surface area contributed by atoms with Crippen molar-refractivity contribution in [1.29, 1.82) is 0 Å². The molecule has 1 aliphatic rings. The van der Waals surface area contributed by atoms with Crippen LogP contribution in [-0.2, 0) is 0 Å². The Kier molecular flexibility index (Phi) is 4.19. The number of aryl methyl sites for hydroxylation is 1. The van der Waals surface area contributed by atoms with Crippen molar-refractivity contribution in [2.24, 2.45) is 11.7 Å². The maximum Gasteiger partial charge on any atom is 0.0309 e. The van der Waals surface area contributed by atoms with E-state index in [9.17, 15) is 0 Å². The summed E-state index contributed by atoms with van der Waals surface area (Å²) in [6.45, 7) is 8.12. The van der Waals surface area contributed by atoms with Gasteiger partial charge in [0.15, 0.2) is 0 Å². The predicted molar refractivity (Wildman–Crippen MR) is 72.9 cm³/mol. The summed E-state index contributed by atoms with van der Waals surface area (Å²) in [5.74, 6) is 0.865. The number of nitrogens with zero attached hydrogens (tertiary/aromatic N) is 1. The first-order valence-electron chi connectivity index (χ1n) is 6.70. The Morgan fingerprint density at radius 2 is 2.18 bits per heavy atom. The third kappa shape index (κ3) is 3.30. The number of hydrogen-bond donors (Lipinski definition) is 1. The summed E-state index contributed by atoms with van der Waals surface area (Å²) in [4.78, 5) is 2.54. The molecule has 0 aromatic heterocycles. The fraction of sp³-hybridized carbons (Fsp3) is 0.600. The van der Waals surface area contributed by atoms with E-state index in [-0.39, 0.29) is 6.04 Å². The van der Waals surface area contributed by atoms with Crippen LogP contribution in [0.1, 0.15) is 36.9 Å². The third-order valence-corrected chi connectivity index (χ3v) is 3.85. The van der Waals surface area contributed by atoms with Crippen molar-refractivity contribution in [3.05, 3.63) is 35.4 Å². The van der Waals surface area contributed by atoms with Gasteiger partial charge in [0.05, 0.1) is 0 Å². The minimum absolute atomic E-state index is 0.187. The zero-order valence-electron chi connectivity index (χ0n) is 11.0. The predicted octanol–water partition coefficient (Wildman–Crippen LogP) is 2.73. The van der Waals surface area contributed by atoms with Crippen molar-refractivity contribution < 1.29 is 0 Å². The molecule has 1 aromatic rings. The Hall–Kier alpha value is -0.860. The number of hydrogen-bond acceptors (Lipinski definition) is 2. The summed E-state index contributed by atoms with van der Waals surface area (Å²) in [7, 11) is 0. The van der Waals surface area contributed by atoms with E-state index in [4.69, 9.17) is 5.73 Å². The largest absolute Gasteiger partial charge is 0.324 e.